The monoisotopic (exact) mass is 217 g/mol. The van der Waals surface area contributed by atoms with Gasteiger partial charge in [-0.15, -0.1) is 0 Å². The number of rotatable bonds is 4. The number of hydrogen-bond donors (Lipinski definition) is 1. The molecule has 72 valence electrons. The Balaban J connectivity index is 2.50. The van der Waals surface area contributed by atoms with Crippen LogP contribution in [0.4, 0.5) is 0 Å². The number of nitrogens with zero attached hydrogens (tertiary/aromatic N) is 1. The molecule has 0 saturated carbocycles. The highest BCUT2D eigenvalue weighted by molar-refractivity contribution is 7.99. The van der Waals surface area contributed by atoms with Crippen LogP contribution in [0, 0.1) is 0 Å². The summed E-state index contributed by atoms with van der Waals surface area (Å²) in [6.07, 6.45) is 3.37. The van der Waals surface area contributed by atoms with E-state index >= 15 is 0 Å². The van der Waals surface area contributed by atoms with Gasteiger partial charge in [0.2, 0.25) is 0 Å². The molecule has 4 heteroatoms. The highest BCUT2D eigenvalue weighted by Gasteiger charge is 2.03. The lowest BCUT2D eigenvalue weighted by atomic mass is 10.3. The summed E-state index contributed by atoms with van der Waals surface area (Å²) in [7, 11) is 0. The van der Waals surface area contributed by atoms with Crippen LogP contribution < -0.4 is 0 Å². The predicted molar refractivity (Wildman–Crippen MR) is 57.1 cm³/mol. The smallest absolute Gasteiger partial charge is 0.0629 e. The summed E-state index contributed by atoms with van der Waals surface area (Å²) in [5, 5.41) is 9.76. The van der Waals surface area contributed by atoms with Crippen LogP contribution in [-0.4, -0.2) is 21.9 Å². The zero-order valence-corrected chi connectivity index (χ0v) is 8.98. The third-order valence-corrected chi connectivity index (χ3v) is 3.17. The summed E-state index contributed by atoms with van der Waals surface area (Å²) >= 11 is 7.59. The number of aliphatic hydroxyl groups is 1. The van der Waals surface area contributed by atoms with E-state index in [2.05, 4.69) is 4.98 Å². The van der Waals surface area contributed by atoms with Crippen LogP contribution in [0.2, 0.25) is 5.02 Å². The number of pyridine rings is 1. The lowest BCUT2D eigenvalue weighted by molar-refractivity contribution is 0.300. The largest absolute Gasteiger partial charge is 0.395 e. The van der Waals surface area contributed by atoms with Gasteiger partial charge < -0.3 is 5.11 Å². The number of halogens is 1. The van der Waals surface area contributed by atoms with E-state index in [-0.39, 0.29) is 11.9 Å². The first kappa shape index (κ1) is 10.8. The molecule has 0 bridgehead atoms. The standard InChI is InChI=1S/C9H12ClNOS/c1-7(5-12)13-6-8-2-3-11-4-9(8)10/h2-4,7,12H,5-6H2,1H3. The predicted octanol–water partition coefficient (Wildman–Crippen LogP) is 2.35. The normalized spacial score (nSPS) is 12.8. The highest BCUT2D eigenvalue weighted by Crippen LogP contribution is 2.22. The Labute approximate surface area is 87.3 Å². The van der Waals surface area contributed by atoms with E-state index in [0.717, 1.165) is 11.3 Å². The summed E-state index contributed by atoms with van der Waals surface area (Å²) in [6, 6.07) is 1.90. The summed E-state index contributed by atoms with van der Waals surface area (Å²) in [6.45, 7) is 2.19. The van der Waals surface area contributed by atoms with Gasteiger partial charge in [-0.1, -0.05) is 18.5 Å². The molecule has 0 amide bonds. The van der Waals surface area contributed by atoms with Gasteiger partial charge in [-0.05, 0) is 11.6 Å². The third kappa shape index (κ3) is 3.55. The molecule has 0 saturated heterocycles. The molecule has 13 heavy (non-hydrogen) atoms. The quantitative estimate of drug-likeness (QED) is 0.841. The van der Waals surface area contributed by atoms with Crippen molar-refractivity contribution in [2.75, 3.05) is 6.61 Å². The fourth-order valence-corrected chi connectivity index (χ4v) is 1.89. The van der Waals surface area contributed by atoms with Crippen LogP contribution >= 0.6 is 23.4 Å². The molecule has 1 atom stereocenters. The van der Waals surface area contributed by atoms with E-state index in [1.165, 1.54) is 0 Å². The van der Waals surface area contributed by atoms with Crippen molar-refractivity contribution in [2.45, 2.75) is 17.9 Å². The van der Waals surface area contributed by atoms with Crippen molar-refractivity contribution in [3.05, 3.63) is 29.0 Å². The van der Waals surface area contributed by atoms with E-state index in [9.17, 15) is 0 Å². The average molecular weight is 218 g/mol. The molecule has 0 aliphatic rings. The zero-order valence-electron chi connectivity index (χ0n) is 7.40. The number of hydrogen-bond acceptors (Lipinski definition) is 3. The van der Waals surface area contributed by atoms with E-state index in [1.807, 2.05) is 13.0 Å². The van der Waals surface area contributed by atoms with Crippen LogP contribution in [0.1, 0.15) is 12.5 Å². The third-order valence-electron chi connectivity index (χ3n) is 1.64. The number of aromatic nitrogens is 1. The first-order valence-electron chi connectivity index (χ1n) is 4.05. The number of aliphatic hydroxyl groups excluding tert-OH is 1. The second-order valence-electron chi connectivity index (χ2n) is 2.77. The molecule has 0 aliphatic heterocycles. The molecule has 1 rings (SSSR count). The van der Waals surface area contributed by atoms with Crippen molar-refractivity contribution in [1.82, 2.24) is 4.98 Å². The van der Waals surface area contributed by atoms with E-state index in [0.29, 0.717) is 5.02 Å². The molecule has 1 unspecified atom stereocenters. The Hall–Kier alpha value is -0.250. The van der Waals surface area contributed by atoms with Crippen LogP contribution in [0.3, 0.4) is 0 Å². The fourth-order valence-electron chi connectivity index (χ4n) is 0.806. The summed E-state index contributed by atoms with van der Waals surface area (Å²) < 4.78 is 0. The lowest BCUT2D eigenvalue weighted by Crippen LogP contribution is -2.02. The summed E-state index contributed by atoms with van der Waals surface area (Å²) in [4.78, 5) is 3.90. The lowest BCUT2D eigenvalue weighted by Gasteiger charge is -2.07. The van der Waals surface area contributed by atoms with Crippen LogP contribution in [-0.2, 0) is 5.75 Å². The van der Waals surface area contributed by atoms with Crippen molar-refractivity contribution in [1.29, 1.82) is 0 Å². The molecule has 2 nitrogen and oxygen atoms in total. The second kappa shape index (κ2) is 5.47. The molecule has 0 aromatic carbocycles. The van der Waals surface area contributed by atoms with E-state index in [4.69, 9.17) is 16.7 Å². The second-order valence-corrected chi connectivity index (χ2v) is 4.61. The highest BCUT2D eigenvalue weighted by atomic mass is 35.5. The molecule has 1 aromatic rings. The van der Waals surface area contributed by atoms with Gasteiger partial charge in [-0.25, -0.2) is 0 Å². The SMILES string of the molecule is CC(CO)SCc1ccncc1Cl. The van der Waals surface area contributed by atoms with Gasteiger partial charge in [-0.3, -0.25) is 4.98 Å². The Morgan fingerprint density at radius 1 is 1.69 bits per heavy atom. The van der Waals surface area contributed by atoms with Gasteiger partial charge in [0.05, 0.1) is 11.6 Å². The maximum atomic E-state index is 8.82. The fraction of sp³-hybridized carbons (Fsp3) is 0.444. The summed E-state index contributed by atoms with van der Waals surface area (Å²) in [5.74, 6) is 0.822. The van der Waals surface area contributed by atoms with Crippen molar-refractivity contribution in [3.8, 4) is 0 Å². The molecule has 1 N–H and O–H groups in total. The molecule has 0 spiro atoms. The van der Waals surface area contributed by atoms with Gasteiger partial charge in [-0.2, -0.15) is 11.8 Å². The Morgan fingerprint density at radius 3 is 3.08 bits per heavy atom. The molecule has 0 fully saturated rings. The van der Waals surface area contributed by atoms with Gasteiger partial charge in [0.15, 0.2) is 0 Å². The van der Waals surface area contributed by atoms with Crippen molar-refractivity contribution < 1.29 is 5.11 Å². The van der Waals surface area contributed by atoms with E-state index < -0.39 is 0 Å². The minimum absolute atomic E-state index is 0.202. The van der Waals surface area contributed by atoms with Crippen LogP contribution in [0.25, 0.3) is 0 Å². The topological polar surface area (TPSA) is 33.1 Å². The molecule has 1 aromatic heterocycles. The maximum absolute atomic E-state index is 8.82. The first-order valence-corrected chi connectivity index (χ1v) is 5.47. The maximum Gasteiger partial charge on any atom is 0.0629 e. The number of thioether (sulfide) groups is 1. The molecule has 1 heterocycles. The van der Waals surface area contributed by atoms with Crippen LogP contribution in [0.15, 0.2) is 18.5 Å². The average Bonchev–Trinajstić information content (AvgIpc) is 2.16. The molecular weight excluding hydrogens is 206 g/mol. The van der Waals surface area contributed by atoms with Crippen molar-refractivity contribution >= 4 is 23.4 Å². The van der Waals surface area contributed by atoms with Crippen LogP contribution in [0.5, 0.6) is 0 Å². The van der Waals surface area contributed by atoms with Gasteiger partial charge in [0, 0.05) is 23.4 Å². The molecule has 0 aliphatic carbocycles. The molecular formula is C9H12ClNOS. The van der Waals surface area contributed by atoms with Gasteiger partial charge >= 0.3 is 0 Å². The Kier molecular flexibility index (Phi) is 4.56. The Bertz CT molecular complexity index is 270. The van der Waals surface area contributed by atoms with Gasteiger partial charge in [0.1, 0.15) is 0 Å². The van der Waals surface area contributed by atoms with E-state index in [1.54, 1.807) is 24.2 Å². The van der Waals surface area contributed by atoms with Gasteiger partial charge in [0.25, 0.3) is 0 Å². The Morgan fingerprint density at radius 2 is 2.46 bits per heavy atom. The zero-order chi connectivity index (χ0) is 9.68. The minimum Gasteiger partial charge on any atom is -0.395 e. The van der Waals surface area contributed by atoms with Crippen molar-refractivity contribution in [3.63, 3.8) is 0 Å². The first-order chi connectivity index (χ1) is 6.24. The molecule has 0 radical (unpaired) electrons. The minimum atomic E-state index is 0.202. The van der Waals surface area contributed by atoms with Crippen molar-refractivity contribution in [2.24, 2.45) is 0 Å². The summed E-state index contributed by atoms with van der Waals surface area (Å²) in [5.41, 5.74) is 1.07.